The molecule has 0 amide bonds. The van der Waals surface area contributed by atoms with Gasteiger partial charge in [-0.25, -0.2) is 4.79 Å². The van der Waals surface area contributed by atoms with Crippen molar-refractivity contribution in [2.24, 2.45) is 11.8 Å². The quantitative estimate of drug-likeness (QED) is 0.356. The molecule has 1 fully saturated rings. The molecule has 1 aliphatic rings. The largest absolute Gasteiger partial charge is 0.424 e. The van der Waals surface area contributed by atoms with Gasteiger partial charge in [0.15, 0.2) is 11.5 Å². The van der Waals surface area contributed by atoms with E-state index in [1.165, 1.54) is 0 Å². The summed E-state index contributed by atoms with van der Waals surface area (Å²) >= 11 is 12.7. The average Bonchev–Trinajstić information content (AvgIpc) is 2.68. The first-order chi connectivity index (χ1) is 12.9. The number of rotatable bonds is 4. The van der Waals surface area contributed by atoms with E-state index in [2.05, 4.69) is 13.5 Å². The molecule has 3 rings (SSSR count). The second-order valence-corrected chi connectivity index (χ2v) is 7.59. The van der Waals surface area contributed by atoms with E-state index in [0.717, 1.165) is 31.8 Å². The normalized spacial score (nSPS) is 19.5. The van der Waals surface area contributed by atoms with Gasteiger partial charge in [-0.05, 0) is 31.6 Å². The topological polar surface area (TPSA) is 52.6 Å². The smallest absolute Gasteiger partial charge is 0.335 e. The third kappa shape index (κ3) is 4.12. The first-order valence-electron chi connectivity index (χ1n) is 8.88. The molecule has 1 aliphatic carbocycles. The van der Waals surface area contributed by atoms with Gasteiger partial charge < -0.3 is 9.47 Å². The Bertz CT molecular complexity index is 899. The van der Waals surface area contributed by atoms with E-state index < -0.39 is 5.97 Å². The molecule has 0 saturated heterocycles. The first kappa shape index (κ1) is 19.7. The summed E-state index contributed by atoms with van der Waals surface area (Å²) in [6.07, 6.45) is 4.66. The summed E-state index contributed by atoms with van der Waals surface area (Å²) in [5, 5.41) is 1.14. The van der Waals surface area contributed by atoms with Gasteiger partial charge in [0.1, 0.15) is 10.0 Å². The standard InChI is InChI=1S/C21H20Cl2O4/c1-3-16(24)26-19-14-6-4-5-7-15(14)20(18(23)17(19)22)27-21(25)13-10-8-12(2)9-11-13/h3-7,12-13H,1,8-11H2,2H3. The van der Waals surface area contributed by atoms with Crippen LogP contribution in [0.25, 0.3) is 10.8 Å². The molecule has 27 heavy (non-hydrogen) atoms. The summed E-state index contributed by atoms with van der Waals surface area (Å²) in [5.74, 6) is -0.160. The number of halogens is 2. The highest BCUT2D eigenvalue weighted by Gasteiger charge is 2.28. The fraction of sp³-hybridized carbons (Fsp3) is 0.333. The first-order valence-corrected chi connectivity index (χ1v) is 9.63. The second-order valence-electron chi connectivity index (χ2n) is 6.83. The minimum absolute atomic E-state index is 0.0191. The lowest BCUT2D eigenvalue weighted by atomic mass is 9.83. The van der Waals surface area contributed by atoms with E-state index in [9.17, 15) is 9.59 Å². The van der Waals surface area contributed by atoms with Crippen LogP contribution in [-0.4, -0.2) is 11.9 Å². The van der Waals surface area contributed by atoms with Crippen LogP contribution in [0.4, 0.5) is 0 Å². The van der Waals surface area contributed by atoms with E-state index >= 15 is 0 Å². The van der Waals surface area contributed by atoms with Crippen molar-refractivity contribution in [2.45, 2.75) is 32.6 Å². The number of carbonyl (C=O) groups is 2. The van der Waals surface area contributed by atoms with E-state index in [-0.39, 0.29) is 33.4 Å². The summed E-state index contributed by atoms with van der Waals surface area (Å²) in [5.41, 5.74) is 0. The lowest BCUT2D eigenvalue weighted by Crippen LogP contribution is -2.25. The fourth-order valence-corrected chi connectivity index (χ4v) is 3.79. The van der Waals surface area contributed by atoms with Gasteiger partial charge >= 0.3 is 11.9 Å². The van der Waals surface area contributed by atoms with Gasteiger partial charge in [0.05, 0.1) is 5.92 Å². The predicted octanol–water partition coefficient (Wildman–Crippen LogP) is 5.97. The van der Waals surface area contributed by atoms with Crippen molar-refractivity contribution in [3.8, 4) is 11.5 Å². The van der Waals surface area contributed by atoms with Gasteiger partial charge in [-0.2, -0.15) is 0 Å². The van der Waals surface area contributed by atoms with Crippen LogP contribution in [0.5, 0.6) is 11.5 Å². The molecule has 0 aliphatic heterocycles. The molecular formula is C21H20Cl2O4. The lowest BCUT2D eigenvalue weighted by Gasteiger charge is -2.25. The van der Waals surface area contributed by atoms with Crippen LogP contribution in [0.1, 0.15) is 32.6 Å². The van der Waals surface area contributed by atoms with Gasteiger partial charge in [0.25, 0.3) is 0 Å². The summed E-state index contributed by atoms with van der Waals surface area (Å²) in [7, 11) is 0. The minimum atomic E-state index is -0.654. The van der Waals surface area contributed by atoms with Crippen molar-refractivity contribution in [3.05, 3.63) is 47.0 Å². The predicted molar refractivity (Wildman–Crippen MR) is 107 cm³/mol. The monoisotopic (exact) mass is 406 g/mol. The van der Waals surface area contributed by atoms with Crippen molar-refractivity contribution in [3.63, 3.8) is 0 Å². The fourth-order valence-electron chi connectivity index (χ4n) is 3.34. The highest BCUT2D eigenvalue weighted by molar-refractivity contribution is 6.45. The maximum atomic E-state index is 12.7. The molecule has 0 atom stereocenters. The molecule has 0 radical (unpaired) electrons. The second kappa shape index (κ2) is 8.32. The molecule has 0 aromatic heterocycles. The number of fused-ring (bicyclic) bond motifs is 1. The van der Waals surface area contributed by atoms with Crippen LogP contribution < -0.4 is 9.47 Å². The number of ether oxygens (including phenoxy) is 2. The number of benzene rings is 2. The summed E-state index contributed by atoms with van der Waals surface area (Å²) < 4.78 is 10.9. The molecule has 6 heteroatoms. The Hall–Kier alpha value is -2.04. The van der Waals surface area contributed by atoms with Crippen molar-refractivity contribution < 1.29 is 19.1 Å². The zero-order valence-electron chi connectivity index (χ0n) is 15.0. The Balaban J connectivity index is 2.00. The van der Waals surface area contributed by atoms with Gasteiger partial charge in [-0.1, -0.05) is 61.0 Å². The molecular weight excluding hydrogens is 387 g/mol. The van der Waals surface area contributed by atoms with Gasteiger partial charge in [-0.3, -0.25) is 4.79 Å². The number of carbonyl (C=O) groups excluding carboxylic acids is 2. The Morgan fingerprint density at radius 2 is 1.52 bits per heavy atom. The molecule has 4 nitrogen and oxygen atoms in total. The van der Waals surface area contributed by atoms with Gasteiger partial charge in [-0.15, -0.1) is 0 Å². The van der Waals surface area contributed by atoms with Crippen molar-refractivity contribution in [1.82, 2.24) is 0 Å². The van der Waals surface area contributed by atoms with Crippen LogP contribution in [0.15, 0.2) is 36.9 Å². The molecule has 142 valence electrons. The Morgan fingerprint density at radius 3 is 2.04 bits per heavy atom. The number of esters is 2. The molecule has 0 spiro atoms. The molecule has 2 aromatic rings. The van der Waals surface area contributed by atoms with Gasteiger partial charge in [0, 0.05) is 16.8 Å². The van der Waals surface area contributed by atoms with E-state index in [1.807, 2.05) is 0 Å². The summed E-state index contributed by atoms with van der Waals surface area (Å²) in [6, 6.07) is 7.02. The van der Waals surface area contributed by atoms with Crippen LogP contribution >= 0.6 is 23.2 Å². The molecule has 0 bridgehead atoms. The maximum absolute atomic E-state index is 12.7. The zero-order chi connectivity index (χ0) is 19.6. The van der Waals surface area contributed by atoms with Crippen LogP contribution in [0.3, 0.4) is 0 Å². The zero-order valence-corrected chi connectivity index (χ0v) is 16.5. The number of hydrogen-bond acceptors (Lipinski definition) is 4. The van der Waals surface area contributed by atoms with Crippen molar-refractivity contribution >= 4 is 45.9 Å². The highest BCUT2D eigenvalue weighted by atomic mass is 35.5. The Morgan fingerprint density at radius 1 is 1.00 bits per heavy atom. The van der Waals surface area contributed by atoms with Crippen molar-refractivity contribution in [2.75, 3.05) is 0 Å². The van der Waals surface area contributed by atoms with Crippen LogP contribution in [-0.2, 0) is 9.59 Å². The molecule has 2 aromatic carbocycles. The maximum Gasteiger partial charge on any atom is 0.335 e. The van der Waals surface area contributed by atoms with Crippen LogP contribution in [0, 0.1) is 11.8 Å². The molecule has 0 heterocycles. The van der Waals surface area contributed by atoms with Gasteiger partial charge in [0.2, 0.25) is 0 Å². The van der Waals surface area contributed by atoms with Crippen molar-refractivity contribution in [1.29, 1.82) is 0 Å². The lowest BCUT2D eigenvalue weighted by molar-refractivity contribution is -0.140. The average molecular weight is 407 g/mol. The molecule has 0 N–H and O–H groups in total. The highest BCUT2D eigenvalue weighted by Crippen LogP contribution is 2.47. The Labute approximate surface area is 168 Å². The summed E-state index contributed by atoms with van der Waals surface area (Å²) in [4.78, 5) is 24.3. The third-order valence-electron chi connectivity index (χ3n) is 4.93. The molecule has 1 saturated carbocycles. The van der Waals surface area contributed by atoms with E-state index in [4.69, 9.17) is 32.7 Å². The number of hydrogen-bond donors (Lipinski definition) is 0. The van der Waals surface area contributed by atoms with Crippen LogP contribution in [0.2, 0.25) is 10.0 Å². The molecule has 0 unspecified atom stereocenters. The third-order valence-corrected chi connectivity index (χ3v) is 5.75. The summed E-state index contributed by atoms with van der Waals surface area (Å²) in [6.45, 7) is 5.57. The van der Waals surface area contributed by atoms with E-state index in [0.29, 0.717) is 16.7 Å². The minimum Gasteiger partial charge on any atom is -0.424 e. The SMILES string of the molecule is C=CC(=O)Oc1c(Cl)c(Cl)c(OC(=O)C2CCC(C)CC2)c2ccccc12. The Kier molecular flexibility index (Phi) is 6.08. The van der Waals surface area contributed by atoms with E-state index in [1.54, 1.807) is 24.3 Å².